The first-order valence-electron chi connectivity index (χ1n) is 26.0. The molecule has 0 amide bonds. The lowest BCUT2D eigenvalue weighted by Gasteiger charge is -2.37. The van der Waals surface area contributed by atoms with Gasteiger partial charge in [0.15, 0.2) is 34.5 Å². The molecule has 2 aliphatic rings. The molecular weight excluding hydrogens is 933 g/mol. The molecule has 15 heteroatoms. The first-order chi connectivity index (χ1) is 33.6. The maximum atomic E-state index is 11.8. The zero-order chi connectivity index (χ0) is 51.3. The van der Waals surface area contributed by atoms with E-state index in [4.69, 9.17) is 42.6 Å². The van der Waals surface area contributed by atoms with Crippen molar-refractivity contribution in [3.63, 3.8) is 0 Å². The van der Waals surface area contributed by atoms with Crippen molar-refractivity contribution in [2.24, 2.45) is 16.7 Å². The number of carbonyl (C=O) groups excluding carboxylic acids is 1. The molecule has 0 N–H and O–H groups in total. The van der Waals surface area contributed by atoms with Crippen LogP contribution < -0.4 is 42.6 Å². The lowest BCUT2D eigenvalue weighted by Crippen LogP contribution is -2.42. The third-order valence-electron chi connectivity index (χ3n) is 12.3. The third kappa shape index (κ3) is 15.2. The number of benzene rings is 3. The van der Waals surface area contributed by atoms with Crippen molar-refractivity contribution in [2.75, 3.05) is 65.2 Å². The number of ketones is 1. The molecule has 0 aromatic heterocycles. The summed E-state index contributed by atoms with van der Waals surface area (Å²) in [5.74, 6) is 5.75. The Morgan fingerprint density at radius 1 is 0.486 bits per heavy atom. The van der Waals surface area contributed by atoms with Crippen LogP contribution in [0, 0.1) is 16.7 Å². The lowest BCUT2D eigenvalue weighted by atomic mass is 9.70. The van der Waals surface area contributed by atoms with Crippen LogP contribution in [0.25, 0.3) is 0 Å². The fourth-order valence-electron chi connectivity index (χ4n) is 8.80. The van der Waals surface area contributed by atoms with Gasteiger partial charge in [-0.3, -0.25) is 4.79 Å². The van der Waals surface area contributed by atoms with Crippen LogP contribution in [-0.2, 0) is 25.8 Å². The van der Waals surface area contributed by atoms with Gasteiger partial charge in [0, 0.05) is 48.2 Å². The minimum atomic E-state index is -4.33. The molecule has 3 aromatic rings. The maximum absolute atomic E-state index is 11.8. The number of hydrogen-bond acceptors (Lipinski definition) is 13. The van der Waals surface area contributed by atoms with E-state index in [1.54, 1.807) is 0 Å². The summed E-state index contributed by atoms with van der Waals surface area (Å²) in [6, 6.07) is 12.0. The van der Waals surface area contributed by atoms with E-state index in [0.717, 1.165) is 78.9 Å². The highest BCUT2D eigenvalue weighted by molar-refractivity contribution is 7.97. The molecule has 2 unspecified atom stereocenters. The van der Waals surface area contributed by atoms with Gasteiger partial charge in [0.1, 0.15) is 33.9 Å². The van der Waals surface area contributed by atoms with Crippen LogP contribution in [0.2, 0.25) is 0 Å². The van der Waals surface area contributed by atoms with E-state index >= 15 is 0 Å². The molecule has 0 spiro atoms. The summed E-state index contributed by atoms with van der Waals surface area (Å²) in [5.41, 5.74) is -1.22. The Labute approximate surface area is 423 Å². The van der Waals surface area contributed by atoms with E-state index < -0.39 is 32.2 Å². The summed E-state index contributed by atoms with van der Waals surface area (Å²) in [7, 11) is -5.39. The first kappa shape index (κ1) is 58.4. The van der Waals surface area contributed by atoms with E-state index in [0.29, 0.717) is 124 Å². The summed E-state index contributed by atoms with van der Waals surface area (Å²) in [4.78, 5) is 14.3. The fourth-order valence-corrected chi connectivity index (χ4v) is 12.6. The topological polar surface area (TPSA) is 157 Å². The minimum absolute atomic E-state index is 0.0248. The van der Waals surface area contributed by atoms with Crippen LogP contribution >= 0.6 is 0 Å². The van der Waals surface area contributed by atoms with Crippen molar-refractivity contribution in [1.29, 1.82) is 0 Å². The van der Waals surface area contributed by atoms with Gasteiger partial charge in [-0.25, -0.2) is 8.42 Å². The Balaban J connectivity index is 0.000000597. The van der Waals surface area contributed by atoms with Crippen LogP contribution in [0.1, 0.15) is 153 Å². The molecule has 2 saturated carbocycles. The molecule has 0 heterocycles. The van der Waals surface area contributed by atoms with Gasteiger partial charge in [0.25, 0.3) is 14.7 Å². The number of fused-ring (bicyclic) bond motifs is 2. The molecule has 0 aliphatic heterocycles. The zero-order valence-corrected chi connectivity index (χ0v) is 45.9. The van der Waals surface area contributed by atoms with Crippen LogP contribution in [0.4, 0.5) is 0 Å². The Kier molecular flexibility index (Phi) is 24.0. The molecule has 5 rings (SSSR count). The number of carbonyl (C=O) groups is 1. The van der Waals surface area contributed by atoms with Gasteiger partial charge in [-0.2, -0.15) is 0 Å². The summed E-state index contributed by atoms with van der Waals surface area (Å²) < 4.78 is 91.8. The molecule has 2 bridgehead atoms. The number of rotatable bonds is 32. The molecule has 2 aliphatic carbocycles. The number of hydrogen-bond donors (Lipinski definition) is 0. The van der Waals surface area contributed by atoms with Crippen molar-refractivity contribution in [1.82, 2.24) is 0 Å². The Morgan fingerprint density at radius 2 is 0.743 bits per heavy atom. The van der Waals surface area contributed by atoms with Gasteiger partial charge in [0.2, 0.25) is 0 Å². The highest BCUT2D eigenvalue weighted by Crippen LogP contribution is 2.64. The van der Waals surface area contributed by atoms with E-state index in [1.165, 1.54) is 0 Å². The smallest absolute Gasteiger partial charge is 0.250 e. The quantitative estimate of drug-likeness (QED) is 0.0430. The fraction of sp³-hybridized carbons (Fsp3) is 0.655. The van der Waals surface area contributed by atoms with Crippen LogP contribution in [-0.4, -0.2) is 84.0 Å². The van der Waals surface area contributed by atoms with Crippen molar-refractivity contribution in [3.8, 4) is 51.7 Å². The van der Waals surface area contributed by atoms with Gasteiger partial charge in [-0.15, -0.1) is 0 Å². The second-order valence-corrected chi connectivity index (χ2v) is 21.8. The van der Waals surface area contributed by atoms with Crippen LogP contribution in [0.15, 0.2) is 51.1 Å². The third-order valence-corrected chi connectivity index (χ3v) is 15.6. The molecule has 2 fully saturated rings. The number of ether oxygens (including phenoxy) is 9. The van der Waals surface area contributed by atoms with E-state index in [9.17, 15) is 17.8 Å². The standard InChI is InChI=1S/C45H69O9S.C10H16O4S/c1-10-19-46-34-28-37(49-22-13-4)43(38(29-34)50-23-14-5)55(44-39(51-24-15-6)30-35(47-20-11-2)31-40(44)52-25-16-7)45-41(53-26-17-8)32-36(48-21-12-3)33-42(45)54-27-18-9;1-9(2)7-3-4-10(9,8(11)5-7)6-15(12,13)14/h28-33H,10-27H2,1-9H3;7H,3-6H2,1-2H3,(H,12,13,14)/q+1;/p-1. The Bertz CT molecular complexity index is 1930. The van der Waals surface area contributed by atoms with Gasteiger partial charge in [-0.05, 0) is 82.0 Å². The normalized spacial score (nSPS) is 16.9. The predicted molar refractivity (Wildman–Crippen MR) is 277 cm³/mol. The molecule has 0 radical (unpaired) electrons. The summed E-state index contributed by atoms with van der Waals surface area (Å²) >= 11 is 0. The van der Waals surface area contributed by atoms with Crippen molar-refractivity contribution >= 4 is 26.8 Å². The molecule has 13 nitrogen and oxygen atoms in total. The second-order valence-electron chi connectivity index (χ2n) is 18.6. The van der Waals surface area contributed by atoms with Crippen LogP contribution in [0.3, 0.4) is 0 Å². The van der Waals surface area contributed by atoms with Crippen molar-refractivity contribution in [3.05, 3.63) is 36.4 Å². The molecule has 70 heavy (non-hydrogen) atoms. The Hall–Kier alpha value is -4.21. The highest BCUT2D eigenvalue weighted by Gasteiger charge is 2.64. The predicted octanol–water partition coefficient (Wildman–Crippen LogP) is 12.8. The molecular formula is C55H84O13S2. The summed E-state index contributed by atoms with van der Waals surface area (Å²) in [6.07, 6.45) is 9.38. The van der Waals surface area contributed by atoms with E-state index in [1.807, 2.05) is 50.2 Å². The van der Waals surface area contributed by atoms with Gasteiger partial charge in [0.05, 0.1) is 75.3 Å². The monoisotopic (exact) mass is 1020 g/mol. The van der Waals surface area contributed by atoms with Crippen LogP contribution in [0.5, 0.6) is 51.7 Å². The SMILES string of the molecule is CC1(C)C2CCC1(CS(=O)(=O)[O-])C(=O)C2.CCCOc1cc(OCCC)c([S+](c2c(OCCC)cc(OCCC)cc2OCCC)c2c(OCCC)cc(OCCC)cc2OCCC)c(OCCC)c1. The highest BCUT2D eigenvalue weighted by atomic mass is 32.2. The zero-order valence-electron chi connectivity index (χ0n) is 44.2. The minimum Gasteiger partial charge on any atom is -0.748 e. The average molecular weight is 1020 g/mol. The van der Waals surface area contributed by atoms with Gasteiger partial charge in [-0.1, -0.05) is 76.2 Å². The summed E-state index contributed by atoms with van der Waals surface area (Å²) in [5, 5.41) is 0. The maximum Gasteiger partial charge on any atom is 0.250 e. The second kappa shape index (κ2) is 28.7. The molecule has 2 atom stereocenters. The Morgan fingerprint density at radius 3 is 0.943 bits per heavy atom. The largest absolute Gasteiger partial charge is 0.748 e. The van der Waals surface area contributed by atoms with Crippen molar-refractivity contribution < 1.29 is 60.4 Å². The first-order valence-corrected chi connectivity index (χ1v) is 28.8. The average Bonchev–Trinajstić information content (AvgIpc) is 3.68. The molecule has 0 saturated heterocycles. The van der Waals surface area contributed by atoms with Crippen molar-refractivity contribution in [2.45, 2.75) is 168 Å². The molecule has 394 valence electrons. The van der Waals surface area contributed by atoms with Gasteiger partial charge < -0.3 is 47.2 Å². The number of Topliss-reactive ketones (excluding diaryl/α,β-unsaturated/α-hetero) is 1. The lowest BCUT2D eigenvalue weighted by molar-refractivity contribution is -0.128. The van der Waals surface area contributed by atoms with E-state index in [2.05, 4.69) is 62.3 Å². The molecule has 3 aromatic carbocycles. The van der Waals surface area contributed by atoms with E-state index in [-0.39, 0.29) is 17.1 Å². The summed E-state index contributed by atoms with van der Waals surface area (Å²) in [6.45, 7) is 27.5. The van der Waals surface area contributed by atoms with Gasteiger partial charge >= 0.3 is 0 Å².